The van der Waals surface area contributed by atoms with E-state index < -0.39 is 57.6 Å². The molecule has 6 atom stereocenters. The lowest BCUT2D eigenvalue weighted by Gasteiger charge is -2.26. The summed E-state index contributed by atoms with van der Waals surface area (Å²) in [6.45, 7) is 0. The first-order valence-corrected chi connectivity index (χ1v) is 12.0. The molecule has 0 aromatic heterocycles. The predicted molar refractivity (Wildman–Crippen MR) is 111 cm³/mol. The van der Waals surface area contributed by atoms with Crippen LogP contribution in [0.1, 0.15) is 10.4 Å². The van der Waals surface area contributed by atoms with Gasteiger partial charge in [-0.25, -0.2) is 4.79 Å². The number of carboxylic acids is 1. The largest absolute Gasteiger partial charge is 0.481 e. The van der Waals surface area contributed by atoms with E-state index >= 15 is 0 Å². The second-order valence-corrected chi connectivity index (χ2v) is 11.3. The maximum absolute atomic E-state index is 12.7. The van der Waals surface area contributed by atoms with E-state index in [0.29, 0.717) is 9.13 Å². The molecule has 4 rings (SSSR count). The number of aliphatic carboxylic acids is 1. The molecule has 140 valence electrons. The summed E-state index contributed by atoms with van der Waals surface area (Å²) in [4.78, 5) is 24.2. The van der Waals surface area contributed by atoms with Gasteiger partial charge in [0.1, 0.15) is 29.5 Å². The van der Waals surface area contributed by atoms with E-state index in [4.69, 9.17) is 13.7 Å². The monoisotopic (exact) mass is 718 g/mol. The van der Waals surface area contributed by atoms with Gasteiger partial charge in [-0.15, -0.1) is 0 Å². The minimum atomic E-state index is -4.08. The van der Waals surface area contributed by atoms with Gasteiger partial charge in [0.05, 0.1) is 5.56 Å². The van der Waals surface area contributed by atoms with Crippen LogP contribution in [0.5, 0.6) is 0 Å². The summed E-state index contributed by atoms with van der Waals surface area (Å²) in [6, 6.07) is 3.56. The van der Waals surface area contributed by atoms with E-state index in [9.17, 15) is 23.1 Å². The van der Waals surface area contributed by atoms with Crippen molar-refractivity contribution in [3.05, 3.63) is 28.4 Å². The van der Waals surface area contributed by atoms with Gasteiger partial charge < -0.3 is 14.6 Å². The predicted octanol–water partition coefficient (Wildman–Crippen LogP) is 1.60. The number of carboxylic acid groups (broad SMARTS) is 1. The van der Waals surface area contributed by atoms with Crippen molar-refractivity contribution in [3.63, 3.8) is 0 Å². The Balaban J connectivity index is 1.66. The van der Waals surface area contributed by atoms with E-state index in [1.54, 1.807) is 6.07 Å². The summed E-state index contributed by atoms with van der Waals surface area (Å²) in [5.74, 6) is -3.30. The van der Waals surface area contributed by atoms with Crippen molar-refractivity contribution in [2.45, 2.75) is 29.7 Å². The molecule has 3 aliphatic heterocycles. The summed E-state index contributed by atoms with van der Waals surface area (Å²) in [7, 11) is -4.08. The van der Waals surface area contributed by atoms with Gasteiger partial charge in [-0.05, 0) is 79.9 Å². The first-order valence-electron chi connectivity index (χ1n) is 7.27. The van der Waals surface area contributed by atoms with Crippen molar-refractivity contribution in [1.82, 2.24) is 0 Å². The molecule has 2 bridgehead atoms. The summed E-state index contributed by atoms with van der Waals surface area (Å²) in [5, 5.41) is 8.17. The van der Waals surface area contributed by atoms with Crippen LogP contribution in [0.3, 0.4) is 0 Å². The SMILES string of the molecule is O=C(OC1C2OS(=O)(=O)C3C2OC1C3C(=O)O)c1cc(I)cc(I)c1I. The zero-order chi connectivity index (χ0) is 19.0. The molecule has 1 N–H and O–H groups in total. The first-order chi connectivity index (χ1) is 12.1. The van der Waals surface area contributed by atoms with E-state index in [1.807, 2.05) is 28.7 Å². The lowest BCUT2D eigenvalue weighted by Crippen LogP contribution is -2.49. The Hall–Kier alpha value is 0.220. The third-order valence-electron chi connectivity index (χ3n) is 4.64. The number of carbonyl (C=O) groups excluding carboxylic acids is 1. The van der Waals surface area contributed by atoms with Gasteiger partial charge in [0.15, 0.2) is 6.10 Å². The number of halogens is 3. The Kier molecular flexibility index (Phi) is 4.98. The zero-order valence-corrected chi connectivity index (χ0v) is 19.8. The van der Waals surface area contributed by atoms with Crippen LogP contribution in [0.4, 0.5) is 0 Å². The Labute approximate surface area is 188 Å². The lowest BCUT2D eigenvalue weighted by molar-refractivity contribution is -0.145. The molecule has 0 amide bonds. The van der Waals surface area contributed by atoms with Crippen molar-refractivity contribution in [2.75, 3.05) is 0 Å². The molecule has 12 heteroatoms. The highest BCUT2D eigenvalue weighted by atomic mass is 127. The van der Waals surface area contributed by atoms with Crippen LogP contribution >= 0.6 is 67.8 Å². The molecule has 3 heterocycles. The van der Waals surface area contributed by atoms with Crippen molar-refractivity contribution in [1.29, 1.82) is 0 Å². The fraction of sp³-hybridized carbons (Fsp3) is 0.429. The van der Waals surface area contributed by atoms with Crippen LogP contribution in [0.25, 0.3) is 0 Å². The van der Waals surface area contributed by atoms with Crippen molar-refractivity contribution in [2.24, 2.45) is 5.92 Å². The van der Waals surface area contributed by atoms with E-state index in [2.05, 4.69) is 45.2 Å². The second-order valence-electron chi connectivity index (χ2n) is 6.07. The molecule has 8 nitrogen and oxygen atoms in total. The number of hydrogen-bond donors (Lipinski definition) is 1. The standard InChI is InChI=1S/C14H9I3O8S/c15-3-1-4(7(17)5(16)2-3)14(20)24-9-8-6(13(18)19)12-11(23-8)10(9)25-26(12,21)22/h1-2,6,8-12H,(H,18,19). The lowest BCUT2D eigenvalue weighted by atomic mass is 9.85. The van der Waals surface area contributed by atoms with Gasteiger partial charge in [0, 0.05) is 10.7 Å². The number of ether oxygens (including phenoxy) is 2. The van der Waals surface area contributed by atoms with Gasteiger partial charge >= 0.3 is 11.9 Å². The molecule has 1 aromatic rings. The molecule has 3 fully saturated rings. The Morgan fingerprint density at radius 1 is 1.12 bits per heavy atom. The van der Waals surface area contributed by atoms with E-state index in [1.165, 1.54) is 0 Å². The number of carbonyl (C=O) groups is 2. The number of rotatable bonds is 3. The molecular weight excluding hydrogens is 709 g/mol. The molecular formula is C14H9I3O8S. The van der Waals surface area contributed by atoms with Gasteiger partial charge in [-0.2, -0.15) is 8.42 Å². The maximum Gasteiger partial charge on any atom is 0.339 e. The minimum absolute atomic E-state index is 0.328. The molecule has 0 radical (unpaired) electrons. The summed E-state index contributed by atoms with van der Waals surface area (Å²) in [5.41, 5.74) is 0.328. The molecule has 0 spiro atoms. The summed E-state index contributed by atoms with van der Waals surface area (Å²) >= 11 is 6.20. The maximum atomic E-state index is 12.7. The van der Waals surface area contributed by atoms with Gasteiger partial charge in [-0.3, -0.25) is 8.98 Å². The Morgan fingerprint density at radius 3 is 2.46 bits per heavy atom. The average molecular weight is 718 g/mol. The summed E-state index contributed by atoms with van der Waals surface area (Å²) < 4.78 is 42.7. The van der Waals surface area contributed by atoms with E-state index in [-0.39, 0.29) is 0 Å². The number of esters is 1. The fourth-order valence-electron chi connectivity index (χ4n) is 3.63. The smallest absolute Gasteiger partial charge is 0.339 e. The molecule has 0 saturated carbocycles. The quantitative estimate of drug-likeness (QED) is 0.217. The highest BCUT2D eigenvalue weighted by Crippen LogP contribution is 2.51. The van der Waals surface area contributed by atoms with Crippen molar-refractivity contribution in [3.8, 4) is 0 Å². The molecule has 1 aromatic carbocycles. The van der Waals surface area contributed by atoms with Crippen LogP contribution in [0.15, 0.2) is 12.1 Å². The third kappa shape index (κ3) is 2.89. The number of fused-ring (bicyclic) bond motifs is 1. The van der Waals surface area contributed by atoms with Crippen LogP contribution in [-0.4, -0.2) is 55.1 Å². The van der Waals surface area contributed by atoms with Crippen LogP contribution in [-0.2, 0) is 28.6 Å². The number of hydrogen-bond acceptors (Lipinski definition) is 7. The highest BCUT2D eigenvalue weighted by molar-refractivity contribution is 14.1. The second kappa shape index (κ2) is 6.64. The van der Waals surface area contributed by atoms with Crippen molar-refractivity contribution >= 4 is 89.8 Å². The summed E-state index contributed by atoms with van der Waals surface area (Å²) in [6.07, 6.45) is -4.07. The van der Waals surface area contributed by atoms with Gasteiger partial charge in [0.2, 0.25) is 0 Å². The van der Waals surface area contributed by atoms with E-state index in [0.717, 1.165) is 7.14 Å². The average Bonchev–Trinajstić information content (AvgIpc) is 3.13. The zero-order valence-electron chi connectivity index (χ0n) is 12.5. The topological polar surface area (TPSA) is 116 Å². The third-order valence-corrected chi connectivity index (χ3v) is 10.0. The van der Waals surface area contributed by atoms with Crippen LogP contribution in [0.2, 0.25) is 0 Å². The Morgan fingerprint density at radius 2 is 1.81 bits per heavy atom. The fourth-order valence-corrected chi connectivity index (χ4v) is 7.85. The Bertz CT molecular complexity index is 932. The van der Waals surface area contributed by atoms with Crippen LogP contribution < -0.4 is 0 Å². The molecule has 0 aliphatic carbocycles. The highest BCUT2D eigenvalue weighted by Gasteiger charge is 2.73. The molecule has 26 heavy (non-hydrogen) atoms. The minimum Gasteiger partial charge on any atom is -0.481 e. The first kappa shape index (κ1) is 19.5. The number of benzene rings is 1. The molecule has 3 saturated heterocycles. The van der Waals surface area contributed by atoms with Gasteiger partial charge in [-0.1, -0.05) is 0 Å². The molecule has 6 unspecified atom stereocenters. The van der Waals surface area contributed by atoms with Crippen molar-refractivity contribution < 1.29 is 36.8 Å². The normalized spacial score (nSPS) is 36.3. The molecule has 3 aliphatic rings. The van der Waals surface area contributed by atoms with Gasteiger partial charge in [0.25, 0.3) is 10.1 Å². The van der Waals surface area contributed by atoms with Crippen LogP contribution in [0, 0.1) is 16.6 Å².